The normalized spacial score (nSPS) is 13.1. The zero-order valence-electron chi connectivity index (χ0n) is 15.4. The Hall–Kier alpha value is -1.77. The second-order valence-electron chi connectivity index (χ2n) is 5.82. The van der Waals surface area contributed by atoms with Crippen LogP contribution < -0.4 is 0 Å². The third-order valence-corrected chi connectivity index (χ3v) is 3.47. The predicted molar refractivity (Wildman–Crippen MR) is 90.7 cm³/mol. The summed E-state index contributed by atoms with van der Waals surface area (Å²) in [6.45, 7) is 3.24. The van der Waals surface area contributed by atoms with Crippen molar-refractivity contribution in [2.45, 2.75) is 83.5 Å². The smallest absolute Gasteiger partial charge is 0.431 e. The van der Waals surface area contributed by atoms with Crippen molar-refractivity contribution in [1.82, 2.24) is 0 Å². The molecule has 0 radical (unpaired) electrons. The van der Waals surface area contributed by atoms with Crippen LogP contribution in [-0.4, -0.2) is 48.6 Å². The summed E-state index contributed by atoms with van der Waals surface area (Å²) in [4.78, 5) is 10.5. The summed E-state index contributed by atoms with van der Waals surface area (Å²) in [5.41, 5.74) is -10.4. The van der Waals surface area contributed by atoms with Crippen molar-refractivity contribution in [3.8, 4) is 0 Å². The van der Waals surface area contributed by atoms with Crippen LogP contribution in [0.1, 0.15) is 47.5 Å². The van der Waals surface area contributed by atoms with Gasteiger partial charge in [-0.3, -0.25) is 0 Å². The minimum atomic E-state index is -6.08. The second-order valence-corrected chi connectivity index (χ2v) is 5.82. The minimum Gasteiger partial charge on any atom is -0.463 e. The van der Waals surface area contributed by atoms with Crippen molar-refractivity contribution in [3.63, 3.8) is 0 Å². The summed E-state index contributed by atoms with van der Waals surface area (Å²) < 4.78 is 172. The Labute approximate surface area is 180 Å². The highest BCUT2D eigenvalue weighted by molar-refractivity contribution is 5.81. The lowest BCUT2D eigenvalue weighted by molar-refractivity contribution is -0.344. The summed E-state index contributed by atoms with van der Waals surface area (Å²) in [5.74, 6) is -1.02. The molecule has 0 aromatic rings. The molecule has 0 amide bonds. The Balaban J connectivity index is -0.000000251. The van der Waals surface area contributed by atoms with Crippen LogP contribution >= 0.6 is 0 Å². The molecule has 0 fully saturated rings. The lowest BCUT2D eigenvalue weighted by Gasteiger charge is -2.29. The molecule has 0 aliphatic carbocycles. The van der Waals surface area contributed by atoms with Crippen molar-refractivity contribution < 1.29 is 71.0 Å². The molecule has 0 bridgehead atoms. The van der Waals surface area contributed by atoms with Crippen molar-refractivity contribution >= 4 is 5.97 Å². The van der Waals surface area contributed by atoms with Crippen LogP contribution in [0, 0.1) is 0 Å². The number of hydrogen-bond donors (Lipinski definition) is 0. The van der Waals surface area contributed by atoms with E-state index in [1.54, 1.807) is 0 Å². The van der Waals surface area contributed by atoms with Gasteiger partial charge in [0.2, 0.25) is 0 Å². The minimum absolute atomic E-state index is 0. The van der Waals surface area contributed by atoms with E-state index in [4.69, 9.17) is 0 Å². The van der Waals surface area contributed by atoms with E-state index in [-0.39, 0.29) is 14.9 Å². The van der Waals surface area contributed by atoms with E-state index in [1.807, 2.05) is 0 Å². The molecule has 0 aromatic carbocycles. The third-order valence-electron chi connectivity index (χ3n) is 3.47. The highest BCUT2D eigenvalue weighted by Crippen LogP contribution is 2.49. The molecule has 0 aliphatic rings. The van der Waals surface area contributed by atoms with Crippen LogP contribution in [-0.2, 0) is 9.53 Å². The summed E-state index contributed by atoms with van der Waals surface area (Å²) >= 11 is 0. The van der Waals surface area contributed by atoms with Crippen LogP contribution in [0.4, 0.5) is 61.5 Å². The zero-order valence-corrected chi connectivity index (χ0v) is 15.4. The molecule has 0 atom stereocenters. The summed E-state index contributed by atoms with van der Waals surface area (Å²) in [6, 6.07) is 0. The van der Waals surface area contributed by atoms with E-state index in [2.05, 4.69) is 11.3 Å². The highest BCUT2D eigenvalue weighted by Gasteiger charge is 2.72. The van der Waals surface area contributed by atoms with Gasteiger partial charge in [0, 0.05) is 12.5 Å². The SMILES string of the molecule is C.C.C=CC(=O)OCCCC(F)(C(F)(F)F)C(F)(F)F.CCCC(F)(C(F)(F)F)C(F)(F)F. The lowest BCUT2D eigenvalue weighted by Crippen LogP contribution is -2.53. The van der Waals surface area contributed by atoms with E-state index in [9.17, 15) is 66.3 Å². The Morgan fingerprint density at radius 1 is 0.697 bits per heavy atom. The number of esters is 1. The number of hydrogen-bond acceptors (Lipinski definition) is 2. The van der Waals surface area contributed by atoms with Gasteiger partial charge in [0.25, 0.3) is 11.3 Å². The van der Waals surface area contributed by atoms with Gasteiger partial charge in [-0.25, -0.2) is 13.6 Å². The van der Waals surface area contributed by atoms with Crippen LogP contribution in [0.3, 0.4) is 0 Å². The zero-order chi connectivity index (χ0) is 25.5. The molecule has 0 aromatic heterocycles. The molecular weight excluding hydrogens is 502 g/mol. The van der Waals surface area contributed by atoms with Gasteiger partial charge in [0.05, 0.1) is 6.61 Å². The Morgan fingerprint density at radius 2 is 1.00 bits per heavy atom. The molecule has 202 valence electrons. The fraction of sp³-hybridized carbons (Fsp3) is 0.824. The maximum atomic E-state index is 13.0. The van der Waals surface area contributed by atoms with Crippen molar-refractivity contribution in [3.05, 3.63) is 12.7 Å². The Morgan fingerprint density at radius 3 is 1.21 bits per heavy atom. The molecular formula is C17H24F14O2. The summed E-state index contributed by atoms with van der Waals surface area (Å²) in [7, 11) is 0. The molecule has 0 rings (SSSR count). The Kier molecular flexibility index (Phi) is 15.4. The van der Waals surface area contributed by atoms with Gasteiger partial charge in [0.15, 0.2) is 0 Å². The van der Waals surface area contributed by atoms with Gasteiger partial charge in [-0.15, -0.1) is 0 Å². The monoisotopic (exact) mass is 526 g/mol. The van der Waals surface area contributed by atoms with E-state index < -0.39 is 74.3 Å². The number of ether oxygens (including phenoxy) is 1. The van der Waals surface area contributed by atoms with Crippen LogP contribution in [0.15, 0.2) is 12.7 Å². The molecule has 33 heavy (non-hydrogen) atoms. The first-order chi connectivity index (χ1) is 13.5. The highest BCUT2D eigenvalue weighted by atomic mass is 19.4. The number of halogens is 14. The third kappa shape index (κ3) is 10.4. The first kappa shape index (κ1) is 38.5. The topological polar surface area (TPSA) is 26.3 Å². The standard InChI is InChI=1S/C9H9F7O2.C6H7F7.2CH4/c1-2-6(17)18-5-3-4-7(10,8(11,12)13)9(14,15)16;1-2-3-4(7,5(8,9)10)6(11,12)13;;/h2H,1,3-5H2;2-3H2,1H3;2*1H4. The largest absolute Gasteiger partial charge is 0.463 e. The first-order valence-electron chi connectivity index (χ1n) is 7.95. The summed E-state index contributed by atoms with van der Waals surface area (Å²) in [5, 5.41) is 0. The molecule has 2 nitrogen and oxygen atoms in total. The molecule has 0 heterocycles. The second kappa shape index (κ2) is 13.2. The molecule has 0 saturated heterocycles. The molecule has 0 aliphatic heterocycles. The maximum absolute atomic E-state index is 13.0. The maximum Gasteiger partial charge on any atom is 0.431 e. The summed E-state index contributed by atoms with van der Waals surface area (Å²) in [6.07, 6.45) is -28.2. The van der Waals surface area contributed by atoms with Crippen molar-refractivity contribution in [2.75, 3.05) is 6.61 Å². The van der Waals surface area contributed by atoms with Gasteiger partial charge >= 0.3 is 30.7 Å². The van der Waals surface area contributed by atoms with Gasteiger partial charge in [-0.2, -0.15) is 52.7 Å². The number of alkyl halides is 14. The van der Waals surface area contributed by atoms with Crippen LogP contribution in [0.5, 0.6) is 0 Å². The molecule has 0 N–H and O–H groups in total. The lowest BCUT2D eigenvalue weighted by atomic mass is 9.98. The van der Waals surface area contributed by atoms with Gasteiger partial charge in [-0.05, 0) is 12.8 Å². The first-order valence-corrected chi connectivity index (χ1v) is 7.95. The predicted octanol–water partition coefficient (Wildman–Crippen LogP) is 8.22. The van der Waals surface area contributed by atoms with Crippen molar-refractivity contribution in [2.24, 2.45) is 0 Å². The fourth-order valence-electron chi connectivity index (χ4n) is 1.78. The van der Waals surface area contributed by atoms with Gasteiger partial charge in [-0.1, -0.05) is 34.8 Å². The van der Waals surface area contributed by atoms with Crippen molar-refractivity contribution in [1.29, 1.82) is 0 Å². The average Bonchev–Trinajstić information content (AvgIpc) is 2.54. The van der Waals surface area contributed by atoms with Crippen LogP contribution in [0.2, 0.25) is 0 Å². The van der Waals surface area contributed by atoms with Crippen LogP contribution in [0.25, 0.3) is 0 Å². The van der Waals surface area contributed by atoms with E-state index >= 15 is 0 Å². The number of carbonyl (C=O) groups excluding carboxylic acids is 1. The number of rotatable bonds is 7. The Bertz CT molecular complexity index is 544. The van der Waals surface area contributed by atoms with E-state index in [0.717, 1.165) is 6.92 Å². The average molecular weight is 526 g/mol. The van der Waals surface area contributed by atoms with Gasteiger partial charge in [0.1, 0.15) is 0 Å². The molecule has 0 saturated carbocycles. The van der Waals surface area contributed by atoms with Gasteiger partial charge < -0.3 is 4.74 Å². The molecule has 0 spiro atoms. The molecule has 16 heteroatoms. The quantitative estimate of drug-likeness (QED) is 0.145. The van der Waals surface area contributed by atoms with E-state index in [0.29, 0.717) is 6.08 Å². The fourth-order valence-corrected chi connectivity index (χ4v) is 1.78. The van der Waals surface area contributed by atoms with E-state index in [1.165, 1.54) is 0 Å². The molecule has 0 unspecified atom stereocenters. The number of carbonyl (C=O) groups is 1.